The molecule has 1 aliphatic carbocycles. The summed E-state index contributed by atoms with van der Waals surface area (Å²) >= 11 is 0. The molecule has 2 aliphatic rings. The van der Waals surface area contributed by atoms with Crippen molar-refractivity contribution in [3.63, 3.8) is 0 Å². The quantitative estimate of drug-likeness (QED) is 0.416. The van der Waals surface area contributed by atoms with Crippen molar-refractivity contribution in [1.82, 2.24) is 5.32 Å². The molecule has 1 heterocycles. The second kappa shape index (κ2) is 10.6. The molecule has 0 atom stereocenters. The number of alkyl halides is 3. The molecule has 0 saturated heterocycles. The van der Waals surface area contributed by atoms with Gasteiger partial charge in [-0.3, -0.25) is 9.59 Å². The molecule has 35 heavy (non-hydrogen) atoms. The van der Waals surface area contributed by atoms with Crippen LogP contribution in [0.1, 0.15) is 47.2 Å². The number of nitrogens with one attached hydrogen (secondary N) is 2. The predicted molar refractivity (Wildman–Crippen MR) is 124 cm³/mol. The van der Waals surface area contributed by atoms with E-state index < -0.39 is 18.1 Å². The normalized spacial score (nSPS) is 20.6. The number of hydrogen-bond acceptors (Lipinski definition) is 5. The number of aliphatic carboxylic acids is 1. The summed E-state index contributed by atoms with van der Waals surface area (Å²) in [5, 5.41) is 13.6. The fraction of sp³-hybridized carbons (Fsp3) is 0.292. The van der Waals surface area contributed by atoms with Crippen LogP contribution in [0, 0.1) is 0 Å². The Morgan fingerprint density at radius 1 is 1.00 bits per heavy atom. The third-order valence-corrected chi connectivity index (χ3v) is 5.72. The van der Waals surface area contributed by atoms with Gasteiger partial charge in [0.2, 0.25) is 5.91 Å². The third-order valence-electron chi connectivity index (χ3n) is 5.72. The lowest BCUT2D eigenvalue weighted by atomic mass is 9.90. The number of amides is 2. The van der Waals surface area contributed by atoms with Crippen LogP contribution in [-0.4, -0.2) is 41.2 Å². The van der Waals surface area contributed by atoms with E-state index >= 15 is 0 Å². The van der Waals surface area contributed by atoms with E-state index in [4.69, 9.17) is 21.4 Å². The van der Waals surface area contributed by atoms with Crippen LogP contribution in [0.3, 0.4) is 0 Å². The zero-order valence-corrected chi connectivity index (χ0v) is 18.6. The highest BCUT2D eigenvalue weighted by Gasteiger charge is 2.38. The van der Waals surface area contributed by atoms with Crippen LogP contribution < -0.4 is 22.1 Å². The van der Waals surface area contributed by atoms with Gasteiger partial charge in [-0.25, -0.2) is 4.79 Å². The number of benzene rings is 2. The van der Waals surface area contributed by atoms with Crippen LogP contribution in [0.25, 0.3) is 11.3 Å². The van der Waals surface area contributed by atoms with Crippen LogP contribution in [-0.2, 0) is 9.59 Å². The Morgan fingerprint density at radius 2 is 1.60 bits per heavy atom. The molecule has 186 valence electrons. The summed E-state index contributed by atoms with van der Waals surface area (Å²) in [5.41, 5.74) is 15.5. The lowest BCUT2D eigenvalue weighted by Crippen LogP contribution is -2.37. The van der Waals surface area contributed by atoms with Gasteiger partial charge >= 0.3 is 12.1 Å². The lowest BCUT2D eigenvalue weighted by molar-refractivity contribution is -0.192. The van der Waals surface area contributed by atoms with Crippen LogP contribution in [0.4, 0.5) is 18.9 Å². The number of carbonyl (C=O) groups excluding carboxylic acids is 2. The number of primary amides is 1. The Hall–Kier alpha value is -3.86. The van der Waals surface area contributed by atoms with E-state index in [9.17, 15) is 22.8 Å². The molecule has 8 nitrogen and oxygen atoms in total. The van der Waals surface area contributed by atoms with Crippen LogP contribution in [0.15, 0.2) is 48.5 Å². The minimum atomic E-state index is -5.08. The second-order valence-electron chi connectivity index (χ2n) is 8.25. The summed E-state index contributed by atoms with van der Waals surface area (Å²) < 4.78 is 31.7. The van der Waals surface area contributed by atoms with Gasteiger partial charge in [0.1, 0.15) is 0 Å². The molecule has 7 N–H and O–H groups in total. The zero-order chi connectivity index (χ0) is 25.8. The number of rotatable bonds is 4. The van der Waals surface area contributed by atoms with Crippen molar-refractivity contribution in [2.75, 3.05) is 5.32 Å². The number of nitrogens with two attached hydrogens (primary N) is 2. The first kappa shape index (κ1) is 25.8. The summed E-state index contributed by atoms with van der Waals surface area (Å²) in [7, 11) is 0. The van der Waals surface area contributed by atoms with Gasteiger partial charge in [-0.05, 0) is 43.4 Å². The zero-order valence-electron chi connectivity index (χ0n) is 18.6. The number of carboxylic acids is 1. The highest BCUT2D eigenvalue weighted by Crippen LogP contribution is 2.37. The number of hydrogen-bond donors (Lipinski definition) is 5. The molecular weight excluding hydrogens is 465 g/mol. The number of anilines is 1. The van der Waals surface area contributed by atoms with E-state index in [0.717, 1.165) is 42.5 Å². The smallest absolute Gasteiger partial charge is 0.475 e. The molecule has 0 aromatic heterocycles. The van der Waals surface area contributed by atoms with Gasteiger partial charge in [0.25, 0.3) is 5.91 Å². The largest absolute Gasteiger partial charge is 0.490 e. The molecule has 0 radical (unpaired) electrons. The molecule has 0 bridgehead atoms. The number of halogens is 3. The van der Waals surface area contributed by atoms with Crippen molar-refractivity contribution >= 4 is 34.7 Å². The summed E-state index contributed by atoms with van der Waals surface area (Å²) in [6.45, 7) is 0. The van der Waals surface area contributed by atoms with Crippen molar-refractivity contribution < 1.29 is 32.7 Å². The predicted octanol–water partition coefficient (Wildman–Crippen LogP) is 3.10. The maximum atomic E-state index is 12.9. The van der Waals surface area contributed by atoms with Crippen molar-refractivity contribution in [3.8, 4) is 0 Å². The van der Waals surface area contributed by atoms with E-state index in [-0.39, 0.29) is 18.0 Å². The molecule has 0 unspecified atom stereocenters. The van der Waals surface area contributed by atoms with E-state index in [0.29, 0.717) is 16.8 Å². The summed E-state index contributed by atoms with van der Waals surface area (Å²) in [6.07, 6.45) is -1.20. The summed E-state index contributed by atoms with van der Waals surface area (Å²) in [6, 6.07) is 15.4. The summed E-state index contributed by atoms with van der Waals surface area (Å²) in [4.78, 5) is 33.3. The molecule has 4 rings (SSSR count). The minimum absolute atomic E-state index is 0.185. The number of carbonyl (C=O) groups is 3. The van der Waals surface area contributed by atoms with Gasteiger partial charge in [-0.15, -0.1) is 0 Å². The molecular formula is C24H25F3N4O4. The average Bonchev–Trinajstić information content (AvgIpc) is 3.13. The van der Waals surface area contributed by atoms with E-state index in [1.807, 2.05) is 30.3 Å². The Labute approximate surface area is 199 Å². The van der Waals surface area contributed by atoms with E-state index in [1.165, 1.54) is 0 Å². The van der Waals surface area contributed by atoms with Gasteiger partial charge in [-0.2, -0.15) is 13.2 Å². The fourth-order valence-corrected chi connectivity index (χ4v) is 3.95. The van der Waals surface area contributed by atoms with Crippen LogP contribution in [0.5, 0.6) is 0 Å². The van der Waals surface area contributed by atoms with Crippen LogP contribution >= 0.6 is 0 Å². The standard InChI is InChI=1S/C22H24N4O2.C2HF3O2/c23-15-7-9-16(10-8-15)25-20(13-4-2-1-3-5-13)19-17-11-6-14(21(24)27)12-18(17)26-22(19)28;3-2(4,5)1(6)7/h1-6,11-12,15-16,25H,7-10,23H2,(H2,24,27)(H,26,28);(H,6,7)/b20-19-;. The minimum Gasteiger partial charge on any atom is -0.475 e. The molecule has 1 saturated carbocycles. The van der Waals surface area contributed by atoms with Gasteiger partial charge in [0.15, 0.2) is 0 Å². The molecule has 2 aromatic rings. The van der Waals surface area contributed by atoms with Gasteiger partial charge in [-0.1, -0.05) is 36.4 Å². The fourth-order valence-electron chi connectivity index (χ4n) is 3.95. The van der Waals surface area contributed by atoms with Crippen molar-refractivity contribution in [2.24, 2.45) is 11.5 Å². The third kappa shape index (κ3) is 6.38. The average molecular weight is 490 g/mol. The maximum Gasteiger partial charge on any atom is 0.490 e. The lowest BCUT2D eigenvalue weighted by Gasteiger charge is -2.29. The molecule has 11 heteroatoms. The first-order valence-corrected chi connectivity index (χ1v) is 10.8. The topological polar surface area (TPSA) is 148 Å². The van der Waals surface area contributed by atoms with Crippen LogP contribution in [0.2, 0.25) is 0 Å². The number of carboxylic acid groups (broad SMARTS) is 1. The SMILES string of the molecule is NC(=O)c1ccc2c(c1)NC(=O)/C2=C(\NC1CCC(N)CC1)c1ccccc1.O=C(O)C(F)(F)F. The van der Waals surface area contributed by atoms with E-state index in [2.05, 4.69) is 10.6 Å². The molecule has 2 aromatic carbocycles. The maximum absolute atomic E-state index is 12.9. The molecule has 1 aliphatic heterocycles. The molecule has 1 fully saturated rings. The monoisotopic (exact) mass is 490 g/mol. The van der Waals surface area contributed by atoms with Crippen molar-refractivity contribution in [1.29, 1.82) is 0 Å². The highest BCUT2D eigenvalue weighted by molar-refractivity contribution is 6.36. The van der Waals surface area contributed by atoms with Crippen molar-refractivity contribution in [3.05, 3.63) is 65.2 Å². The Morgan fingerprint density at radius 3 is 2.14 bits per heavy atom. The Kier molecular flexibility index (Phi) is 7.80. The first-order chi connectivity index (χ1) is 16.5. The second-order valence-corrected chi connectivity index (χ2v) is 8.25. The van der Waals surface area contributed by atoms with Crippen molar-refractivity contribution in [2.45, 2.75) is 43.9 Å². The first-order valence-electron chi connectivity index (χ1n) is 10.8. The number of fused-ring (bicyclic) bond motifs is 1. The summed E-state index contributed by atoms with van der Waals surface area (Å²) in [5.74, 6) is -3.46. The Bertz CT molecular complexity index is 1140. The van der Waals surface area contributed by atoms with Gasteiger partial charge in [0.05, 0.1) is 11.3 Å². The van der Waals surface area contributed by atoms with Gasteiger partial charge in [0, 0.05) is 28.9 Å². The molecule has 2 amide bonds. The molecule has 0 spiro atoms. The highest BCUT2D eigenvalue weighted by atomic mass is 19.4. The van der Waals surface area contributed by atoms with Gasteiger partial charge < -0.3 is 27.2 Å². The van der Waals surface area contributed by atoms with E-state index in [1.54, 1.807) is 18.2 Å². The Balaban J connectivity index is 0.000000429.